The molecule has 6 heteroatoms. The number of carbonyl (C=O) groups excluding carboxylic acids is 2. The van der Waals surface area contributed by atoms with Gasteiger partial charge in [0.15, 0.2) is 0 Å². The van der Waals surface area contributed by atoms with Crippen LogP contribution in [0.5, 0.6) is 0 Å². The van der Waals surface area contributed by atoms with Crippen molar-refractivity contribution in [1.29, 1.82) is 0 Å². The highest BCUT2D eigenvalue weighted by molar-refractivity contribution is 5.69. The Hall–Kier alpha value is -1.59. The molecule has 0 aromatic heterocycles. The molecule has 158 valence electrons. The molecule has 0 rings (SSSR count). The van der Waals surface area contributed by atoms with Crippen LogP contribution in [-0.4, -0.2) is 36.2 Å². The second kappa shape index (κ2) is 19.2. The predicted molar refractivity (Wildman–Crippen MR) is 104 cm³/mol. The molecule has 0 amide bonds. The van der Waals surface area contributed by atoms with E-state index >= 15 is 0 Å². The van der Waals surface area contributed by atoms with Crippen molar-refractivity contribution in [3.63, 3.8) is 0 Å². The number of rotatable bonds is 19. The van der Waals surface area contributed by atoms with Crippen LogP contribution in [0.1, 0.15) is 103 Å². The minimum Gasteiger partial charge on any atom is -0.481 e. The lowest BCUT2D eigenvalue weighted by atomic mass is 10.1. The first kappa shape index (κ1) is 25.4. The molecule has 0 saturated carbocycles. The third-order valence-electron chi connectivity index (χ3n) is 4.32. The zero-order valence-corrected chi connectivity index (χ0v) is 17.0. The largest absolute Gasteiger partial charge is 0.481 e. The predicted octanol–water partition coefficient (Wildman–Crippen LogP) is 5.03. The summed E-state index contributed by atoms with van der Waals surface area (Å²) in [6, 6.07) is 0. The third kappa shape index (κ3) is 20.6. The molecule has 0 bridgehead atoms. The zero-order valence-electron chi connectivity index (χ0n) is 17.0. The van der Waals surface area contributed by atoms with E-state index in [0.717, 1.165) is 38.5 Å². The van der Waals surface area contributed by atoms with Gasteiger partial charge in [0.2, 0.25) is 0 Å². The maximum Gasteiger partial charge on any atom is 0.305 e. The summed E-state index contributed by atoms with van der Waals surface area (Å²) < 4.78 is 10.3. The summed E-state index contributed by atoms with van der Waals surface area (Å²) >= 11 is 0. The number of carboxylic acids is 1. The Morgan fingerprint density at radius 2 is 1.00 bits per heavy atom. The van der Waals surface area contributed by atoms with Crippen LogP contribution in [0, 0.1) is 0 Å². The van der Waals surface area contributed by atoms with Crippen molar-refractivity contribution < 1.29 is 29.0 Å². The Morgan fingerprint density at radius 3 is 1.56 bits per heavy atom. The molecule has 0 aromatic rings. The van der Waals surface area contributed by atoms with Crippen LogP contribution in [-0.2, 0) is 23.9 Å². The summed E-state index contributed by atoms with van der Waals surface area (Å²) in [5.41, 5.74) is 0. The maximum absolute atomic E-state index is 11.6. The van der Waals surface area contributed by atoms with Gasteiger partial charge in [-0.25, -0.2) is 0 Å². The Morgan fingerprint density at radius 1 is 0.593 bits per heavy atom. The van der Waals surface area contributed by atoms with Crippen molar-refractivity contribution in [2.24, 2.45) is 0 Å². The molecule has 0 atom stereocenters. The molecule has 6 nitrogen and oxygen atoms in total. The molecule has 0 heterocycles. The third-order valence-corrected chi connectivity index (χ3v) is 4.32. The van der Waals surface area contributed by atoms with Gasteiger partial charge >= 0.3 is 17.9 Å². The Bertz CT molecular complexity index is 394. The fourth-order valence-corrected chi connectivity index (χ4v) is 2.67. The van der Waals surface area contributed by atoms with Gasteiger partial charge in [0.25, 0.3) is 0 Å². The van der Waals surface area contributed by atoms with Crippen LogP contribution in [0.4, 0.5) is 0 Å². The normalized spacial score (nSPS) is 10.6. The molecule has 0 aliphatic heterocycles. The van der Waals surface area contributed by atoms with E-state index < -0.39 is 5.97 Å². The van der Waals surface area contributed by atoms with Gasteiger partial charge in [0, 0.05) is 19.3 Å². The van der Waals surface area contributed by atoms with Gasteiger partial charge in [-0.3, -0.25) is 14.4 Å². The molecule has 0 saturated heterocycles. The Kier molecular flexibility index (Phi) is 18.0. The topological polar surface area (TPSA) is 89.9 Å². The number of ether oxygens (including phenoxy) is 2. The van der Waals surface area contributed by atoms with Gasteiger partial charge in [0.05, 0.1) is 13.2 Å². The lowest BCUT2D eigenvalue weighted by Gasteiger charge is -2.06. The number of hydrogen-bond acceptors (Lipinski definition) is 5. The fraction of sp³-hybridized carbons (Fsp3) is 0.857. The summed E-state index contributed by atoms with van der Waals surface area (Å²) in [5, 5.41) is 8.53. The van der Waals surface area contributed by atoms with Gasteiger partial charge in [-0.05, 0) is 32.1 Å². The quantitative estimate of drug-likeness (QED) is 0.247. The molecule has 0 radical (unpaired) electrons. The highest BCUT2D eigenvalue weighted by Gasteiger charge is 2.05. The summed E-state index contributed by atoms with van der Waals surface area (Å²) in [6.45, 7) is 2.96. The first-order chi connectivity index (χ1) is 13.1. The summed E-state index contributed by atoms with van der Waals surface area (Å²) in [4.78, 5) is 33.5. The molecular weight excluding hydrogens is 348 g/mol. The van der Waals surface area contributed by atoms with Crippen LogP contribution in [0.15, 0.2) is 0 Å². The standard InChI is InChI=1S/C21H38O6/c1-2-3-4-6-10-15-20(24)27-18-13-11-16-21(25)26-17-12-8-5-7-9-14-19(22)23/h2-18H2,1H3,(H,22,23). The lowest BCUT2D eigenvalue weighted by molar-refractivity contribution is -0.144. The van der Waals surface area contributed by atoms with Gasteiger partial charge < -0.3 is 14.6 Å². The van der Waals surface area contributed by atoms with E-state index in [1.165, 1.54) is 19.3 Å². The highest BCUT2D eigenvalue weighted by atomic mass is 16.5. The van der Waals surface area contributed by atoms with Gasteiger partial charge in [-0.15, -0.1) is 0 Å². The number of hydrogen-bond donors (Lipinski definition) is 1. The van der Waals surface area contributed by atoms with E-state index in [9.17, 15) is 14.4 Å². The van der Waals surface area contributed by atoms with Crippen LogP contribution in [0.3, 0.4) is 0 Å². The SMILES string of the molecule is CCCCCCCC(=O)OCCCCC(=O)OCCCCCCCC(=O)O. The Balaban J connectivity index is 3.31. The fourth-order valence-electron chi connectivity index (χ4n) is 2.67. The molecule has 1 N–H and O–H groups in total. The van der Waals surface area contributed by atoms with Crippen LogP contribution < -0.4 is 0 Å². The average Bonchev–Trinajstić information content (AvgIpc) is 2.63. The molecule has 0 fully saturated rings. The van der Waals surface area contributed by atoms with Crippen molar-refractivity contribution in [2.75, 3.05) is 13.2 Å². The highest BCUT2D eigenvalue weighted by Crippen LogP contribution is 2.08. The van der Waals surface area contributed by atoms with Gasteiger partial charge in [-0.2, -0.15) is 0 Å². The monoisotopic (exact) mass is 386 g/mol. The van der Waals surface area contributed by atoms with E-state index in [1.807, 2.05) is 0 Å². The average molecular weight is 387 g/mol. The van der Waals surface area contributed by atoms with Crippen molar-refractivity contribution in [2.45, 2.75) is 103 Å². The second-order valence-electron chi connectivity index (χ2n) is 6.97. The smallest absolute Gasteiger partial charge is 0.305 e. The van der Waals surface area contributed by atoms with E-state index in [-0.39, 0.29) is 18.4 Å². The summed E-state index contributed by atoms with van der Waals surface area (Å²) in [6.07, 6.45) is 12.3. The van der Waals surface area contributed by atoms with Crippen molar-refractivity contribution in [3.05, 3.63) is 0 Å². The summed E-state index contributed by atoms with van der Waals surface area (Å²) in [5.74, 6) is -1.10. The first-order valence-corrected chi connectivity index (χ1v) is 10.6. The number of unbranched alkanes of at least 4 members (excludes halogenated alkanes) is 9. The van der Waals surface area contributed by atoms with Crippen molar-refractivity contribution in [3.8, 4) is 0 Å². The molecule has 0 unspecified atom stereocenters. The van der Waals surface area contributed by atoms with Gasteiger partial charge in [0.1, 0.15) is 0 Å². The molecule has 0 aliphatic carbocycles. The first-order valence-electron chi connectivity index (χ1n) is 10.6. The van der Waals surface area contributed by atoms with Crippen molar-refractivity contribution in [1.82, 2.24) is 0 Å². The number of esters is 2. The Labute approximate surface area is 164 Å². The zero-order chi connectivity index (χ0) is 20.2. The van der Waals surface area contributed by atoms with Crippen molar-refractivity contribution >= 4 is 17.9 Å². The van der Waals surface area contributed by atoms with Crippen LogP contribution in [0.25, 0.3) is 0 Å². The molecule has 0 spiro atoms. The number of aliphatic carboxylic acids is 1. The van der Waals surface area contributed by atoms with E-state index in [2.05, 4.69) is 6.92 Å². The van der Waals surface area contributed by atoms with E-state index in [1.54, 1.807) is 0 Å². The maximum atomic E-state index is 11.6. The number of carboxylic acid groups (broad SMARTS) is 1. The summed E-state index contributed by atoms with van der Waals surface area (Å²) in [7, 11) is 0. The molecular formula is C21H38O6. The lowest BCUT2D eigenvalue weighted by Crippen LogP contribution is -2.08. The molecule has 0 aromatic carbocycles. The van der Waals surface area contributed by atoms with E-state index in [0.29, 0.717) is 45.3 Å². The molecule has 0 aliphatic rings. The van der Waals surface area contributed by atoms with E-state index in [4.69, 9.17) is 14.6 Å². The second-order valence-corrected chi connectivity index (χ2v) is 6.97. The minimum atomic E-state index is -0.749. The van der Waals surface area contributed by atoms with Crippen LogP contribution in [0.2, 0.25) is 0 Å². The number of carbonyl (C=O) groups is 3. The molecule has 27 heavy (non-hydrogen) atoms. The van der Waals surface area contributed by atoms with Gasteiger partial charge in [-0.1, -0.05) is 51.9 Å². The van der Waals surface area contributed by atoms with Crippen LogP contribution >= 0.6 is 0 Å². The minimum absolute atomic E-state index is 0.141.